The first kappa shape index (κ1) is 19.5. The Bertz CT molecular complexity index is 838. The molecule has 0 aromatic heterocycles. The van der Waals surface area contributed by atoms with E-state index in [4.69, 9.17) is 4.84 Å². The normalized spacial score (nSPS) is 33.5. The van der Waals surface area contributed by atoms with Crippen LogP contribution in [0.15, 0.2) is 17.3 Å². The maximum Gasteiger partial charge on any atom is 0.309 e. The number of carboxylic acids is 1. The third-order valence-corrected chi connectivity index (χ3v) is 7.81. The highest BCUT2D eigenvalue weighted by Crippen LogP contribution is 2.58. The van der Waals surface area contributed by atoms with Crippen molar-refractivity contribution in [1.29, 1.82) is 0 Å². The molecule has 0 bridgehead atoms. The average Bonchev–Trinajstić information content (AvgIpc) is 3.47. The van der Waals surface area contributed by atoms with Crippen LogP contribution in [0, 0.1) is 11.3 Å². The number of benzene rings is 1. The zero-order chi connectivity index (χ0) is 20.3. The molecule has 4 nitrogen and oxygen atoms in total. The molecule has 152 valence electrons. The summed E-state index contributed by atoms with van der Waals surface area (Å²) in [6, 6.07) is 4.77. The van der Waals surface area contributed by atoms with Gasteiger partial charge in [-0.15, -0.1) is 0 Å². The Morgan fingerprint density at radius 3 is 2.54 bits per heavy atom. The van der Waals surface area contributed by atoms with Crippen molar-refractivity contribution in [3.05, 3.63) is 34.4 Å². The Hall–Kier alpha value is -1.84. The molecule has 0 heterocycles. The second-order valence-electron chi connectivity index (χ2n) is 9.93. The summed E-state index contributed by atoms with van der Waals surface area (Å²) in [5.74, 6) is 0.490. The minimum absolute atomic E-state index is 0.0320. The summed E-state index contributed by atoms with van der Waals surface area (Å²) in [6.45, 7) is 8.76. The molecule has 2 fully saturated rings. The number of aliphatic carboxylic acids is 1. The number of carbonyl (C=O) groups is 1. The maximum absolute atomic E-state index is 12.3. The Kier molecular flexibility index (Phi) is 4.59. The highest BCUT2D eigenvalue weighted by molar-refractivity contribution is 6.04. The van der Waals surface area contributed by atoms with Gasteiger partial charge in [0.15, 0.2) is 0 Å². The van der Waals surface area contributed by atoms with E-state index < -0.39 is 11.4 Å². The molecule has 3 aliphatic rings. The van der Waals surface area contributed by atoms with Crippen LogP contribution >= 0.6 is 0 Å². The Labute approximate surface area is 168 Å². The number of oxime groups is 1. The van der Waals surface area contributed by atoms with E-state index in [1.165, 1.54) is 35.1 Å². The summed E-state index contributed by atoms with van der Waals surface area (Å²) >= 11 is 0. The van der Waals surface area contributed by atoms with Gasteiger partial charge in [0.05, 0.1) is 11.1 Å². The van der Waals surface area contributed by atoms with E-state index in [1.54, 1.807) is 7.11 Å². The third kappa shape index (κ3) is 2.79. The fraction of sp³-hybridized carbons (Fsp3) is 0.667. The molecular weight excluding hydrogens is 350 g/mol. The quantitative estimate of drug-likeness (QED) is 0.690. The number of fused-ring (bicyclic) bond motifs is 3. The fourth-order valence-electron chi connectivity index (χ4n) is 6.00. The first-order valence-corrected chi connectivity index (χ1v) is 10.7. The van der Waals surface area contributed by atoms with Gasteiger partial charge in [0.25, 0.3) is 0 Å². The number of nitrogens with zero attached hydrogens (tertiary/aromatic N) is 1. The van der Waals surface area contributed by atoms with Crippen molar-refractivity contribution in [2.45, 2.75) is 83.5 Å². The molecule has 0 amide bonds. The van der Waals surface area contributed by atoms with Gasteiger partial charge < -0.3 is 9.94 Å². The van der Waals surface area contributed by atoms with Crippen LogP contribution in [-0.4, -0.2) is 23.9 Å². The van der Waals surface area contributed by atoms with Crippen molar-refractivity contribution >= 4 is 11.7 Å². The number of hydrogen-bond donors (Lipinski definition) is 1. The molecule has 0 aliphatic heterocycles. The monoisotopic (exact) mass is 383 g/mol. The van der Waals surface area contributed by atoms with Gasteiger partial charge >= 0.3 is 5.97 Å². The van der Waals surface area contributed by atoms with Gasteiger partial charge in [0.2, 0.25) is 0 Å². The number of rotatable bonds is 4. The summed E-state index contributed by atoms with van der Waals surface area (Å²) in [5.41, 5.74) is 5.45. The molecule has 1 aromatic carbocycles. The summed E-state index contributed by atoms with van der Waals surface area (Å²) in [6.07, 6.45) is 5.93. The number of carboxylic acid groups (broad SMARTS) is 1. The predicted octanol–water partition coefficient (Wildman–Crippen LogP) is 5.59. The Balaban J connectivity index is 1.95. The van der Waals surface area contributed by atoms with Crippen molar-refractivity contribution < 1.29 is 14.7 Å². The molecule has 1 aromatic rings. The van der Waals surface area contributed by atoms with Crippen LogP contribution in [0.25, 0.3) is 0 Å². The first-order chi connectivity index (χ1) is 13.2. The first-order valence-electron chi connectivity index (χ1n) is 10.7. The van der Waals surface area contributed by atoms with Crippen LogP contribution in [0.2, 0.25) is 0 Å². The Morgan fingerprint density at radius 2 is 1.96 bits per heavy atom. The SMILES string of the molecule is CO/N=C1\CC2[C@](C)(C(=O)O)CCC[C@]2(C)c2cc(C3CC3)c(C(C)C)cc21. The van der Waals surface area contributed by atoms with Crippen molar-refractivity contribution in [3.63, 3.8) is 0 Å². The minimum atomic E-state index is -0.727. The van der Waals surface area contributed by atoms with Crippen LogP contribution in [0.3, 0.4) is 0 Å². The summed E-state index contributed by atoms with van der Waals surface area (Å²) in [7, 11) is 1.58. The second kappa shape index (κ2) is 6.60. The van der Waals surface area contributed by atoms with E-state index in [-0.39, 0.29) is 11.3 Å². The van der Waals surface area contributed by atoms with Gasteiger partial charge in [-0.3, -0.25) is 4.79 Å². The largest absolute Gasteiger partial charge is 0.481 e. The molecule has 4 rings (SSSR count). The van der Waals surface area contributed by atoms with E-state index in [2.05, 4.69) is 38.1 Å². The highest BCUT2D eigenvalue weighted by Gasteiger charge is 2.56. The molecule has 28 heavy (non-hydrogen) atoms. The predicted molar refractivity (Wildman–Crippen MR) is 111 cm³/mol. The minimum Gasteiger partial charge on any atom is -0.481 e. The van der Waals surface area contributed by atoms with Crippen LogP contribution in [0.1, 0.15) is 100 Å². The maximum atomic E-state index is 12.3. The van der Waals surface area contributed by atoms with Crippen LogP contribution in [0.5, 0.6) is 0 Å². The topological polar surface area (TPSA) is 58.9 Å². The van der Waals surface area contributed by atoms with Crippen molar-refractivity contribution in [2.24, 2.45) is 16.5 Å². The van der Waals surface area contributed by atoms with Crippen LogP contribution in [0.4, 0.5) is 0 Å². The van der Waals surface area contributed by atoms with Gasteiger partial charge in [-0.25, -0.2) is 0 Å². The zero-order valence-corrected chi connectivity index (χ0v) is 17.8. The van der Waals surface area contributed by atoms with E-state index in [0.717, 1.165) is 25.0 Å². The lowest BCUT2D eigenvalue weighted by Gasteiger charge is -2.53. The molecule has 0 saturated heterocycles. The molecule has 3 atom stereocenters. The molecule has 1 N–H and O–H groups in total. The smallest absolute Gasteiger partial charge is 0.309 e. The van der Waals surface area contributed by atoms with Crippen molar-refractivity contribution in [2.75, 3.05) is 7.11 Å². The van der Waals surface area contributed by atoms with E-state index in [9.17, 15) is 9.90 Å². The fourth-order valence-corrected chi connectivity index (χ4v) is 6.00. The lowest BCUT2D eigenvalue weighted by atomic mass is 9.49. The van der Waals surface area contributed by atoms with Crippen LogP contribution < -0.4 is 0 Å². The number of hydrogen-bond acceptors (Lipinski definition) is 3. The molecule has 0 spiro atoms. The Morgan fingerprint density at radius 1 is 1.25 bits per heavy atom. The standard InChI is InChI=1S/C24H33NO3/c1-14(2)16-11-18-19(12-17(16)15-7-8-15)23(3)9-6-10-24(4,22(26)27)21(23)13-20(18)25-28-5/h11-12,14-15,21H,6-10,13H2,1-5H3,(H,26,27)/b25-20+/t21?,23-,24-/m1/s1. The average molecular weight is 384 g/mol. The van der Waals surface area contributed by atoms with Crippen molar-refractivity contribution in [1.82, 2.24) is 0 Å². The lowest BCUT2D eigenvalue weighted by Crippen LogP contribution is -2.53. The molecule has 2 saturated carbocycles. The highest BCUT2D eigenvalue weighted by atomic mass is 16.6. The molecule has 0 radical (unpaired) electrons. The summed E-state index contributed by atoms with van der Waals surface area (Å²) in [4.78, 5) is 17.5. The van der Waals surface area contributed by atoms with E-state index >= 15 is 0 Å². The lowest BCUT2D eigenvalue weighted by molar-refractivity contribution is -0.156. The molecule has 4 heteroatoms. The van der Waals surface area contributed by atoms with Gasteiger partial charge in [0.1, 0.15) is 7.11 Å². The van der Waals surface area contributed by atoms with Crippen molar-refractivity contribution in [3.8, 4) is 0 Å². The van der Waals surface area contributed by atoms with Gasteiger partial charge in [-0.05, 0) is 85.0 Å². The van der Waals surface area contributed by atoms with Gasteiger partial charge in [-0.2, -0.15) is 0 Å². The summed E-state index contributed by atoms with van der Waals surface area (Å²) < 4.78 is 0. The molecular formula is C24H33NO3. The van der Waals surface area contributed by atoms with E-state index in [0.29, 0.717) is 18.3 Å². The second-order valence-corrected chi connectivity index (χ2v) is 9.93. The summed E-state index contributed by atoms with van der Waals surface area (Å²) in [5, 5.41) is 14.5. The third-order valence-electron chi connectivity index (χ3n) is 7.81. The van der Waals surface area contributed by atoms with Crippen LogP contribution in [-0.2, 0) is 15.0 Å². The van der Waals surface area contributed by atoms with E-state index in [1.807, 2.05) is 6.92 Å². The zero-order valence-electron chi connectivity index (χ0n) is 17.8. The molecule has 3 aliphatic carbocycles. The van der Waals surface area contributed by atoms with Gasteiger partial charge in [-0.1, -0.05) is 38.4 Å². The molecule has 1 unspecified atom stereocenters. The van der Waals surface area contributed by atoms with Gasteiger partial charge in [0, 0.05) is 5.56 Å².